The molecule has 1 aromatic carbocycles. The van der Waals surface area contributed by atoms with Crippen LogP contribution in [0.3, 0.4) is 0 Å². The number of amides is 2. The summed E-state index contributed by atoms with van der Waals surface area (Å²) >= 11 is 0. The highest BCUT2D eigenvalue weighted by Crippen LogP contribution is 2.34. The van der Waals surface area contributed by atoms with E-state index in [2.05, 4.69) is 19.8 Å². The number of para-hydroxylation sites is 1. The van der Waals surface area contributed by atoms with E-state index in [1.807, 2.05) is 36.4 Å². The van der Waals surface area contributed by atoms with Crippen LogP contribution < -0.4 is 14.8 Å². The first kappa shape index (κ1) is 19.0. The highest BCUT2D eigenvalue weighted by molar-refractivity contribution is 5.91. The number of carbonyl (C=O) groups is 1. The number of anilines is 1. The van der Waals surface area contributed by atoms with Crippen molar-refractivity contribution in [2.45, 2.75) is 13.5 Å². The van der Waals surface area contributed by atoms with Crippen LogP contribution in [0.4, 0.5) is 10.5 Å². The predicted octanol–water partition coefficient (Wildman–Crippen LogP) is 2.06. The normalized spacial score (nSPS) is 14.9. The van der Waals surface area contributed by atoms with E-state index in [0.717, 1.165) is 32.0 Å². The molecule has 0 radical (unpaired) electrons. The van der Waals surface area contributed by atoms with Gasteiger partial charge in [-0.05, 0) is 19.1 Å². The van der Waals surface area contributed by atoms with E-state index in [-0.39, 0.29) is 6.03 Å². The monoisotopic (exact) mass is 373 g/mol. The first-order valence-corrected chi connectivity index (χ1v) is 9.09. The molecule has 1 N–H and O–H groups in total. The summed E-state index contributed by atoms with van der Waals surface area (Å²) in [7, 11) is 3.14. The van der Waals surface area contributed by atoms with Gasteiger partial charge in [-0.3, -0.25) is 4.90 Å². The number of urea groups is 1. The molecule has 0 spiro atoms. The number of rotatable bonds is 6. The molecule has 2 amide bonds. The Bertz CT molecular complexity index is 768. The summed E-state index contributed by atoms with van der Waals surface area (Å²) in [5.74, 6) is 2.15. The molecule has 0 aliphatic carbocycles. The molecule has 146 valence electrons. The number of nitrogens with one attached hydrogen (secondary N) is 1. The maximum absolute atomic E-state index is 12.6. The fourth-order valence-corrected chi connectivity index (χ4v) is 3.24. The van der Waals surface area contributed by atoms with Gasteiger partial charge in [-0.2, -0.15) is 0 Å². The number of imidazole rings is 1. The fourth-order valence-electron chi connectivity index (χ4n) is 3.24. The van der Waals surface area contributed by atoms with Gasteiger partial charge in [0.25, 0.3) is 0 Å². The van der Waals surface area contributed by atoms with Gasteiger partial charge in [0.15, 0.2) is 11.5 Å². The third kappa shape index (κ3) is 4.51. The van der Waals surface area contributed by atoms with Gasteiger partial charge in [0.2, 0.25) is 0 Å². The lowest BCUT2D eigenvalue weighted by Gasteiger charge is -2.34. The van der Waals surface area contributed by atoms with Crippen molar-refractivity contribution in [3.8, 4) is 11.5 Å². The van der Waals surface area contributed by atoms with E-state index in [0.29, 0.717) is 30.3 Å². The Labute approximate surface area is 159 Å². The second kappa shape index (κ2) is 8.77. The summed E-state index contributed by atoms with van der Waals surface area (Å²) in [4.78, 5) is 21.1. The number of ether oxygens (including phenoxy) is 2. The van der Waals surface area contributed by atoms with Crippen molar-refractivity contribution in [3.05, 3.63) is 36.4 Å². The predicted molar refractivity (Wildman–Crippen MR) is 104 cm³/mol. The molecule has 3 rings (SSSR count). The molecule has 1 aliphatic heterocycles. The van der Waals surface area contributed by atoms with Crippen LogP contribution in [0, 0.1) is 6.92 Å². The Hall–Kier alpha value is -2.74. The lowest BCUT2D eigenvalue weighted by molar-refractivity contribution is 0.144. The van der Waals surface area contributed by atoms with Gasteiger partial charge in [-0.15, -0.1) is 0 Å². The smallest absolute Gasteiger partial charge is 0.322 e. The van der Waals surface area contributed by atoms with E-state index in [1.165, 1.54) is 0 Å². The third-order valence-electron chi connectivity index (χ3n) is 4.88. The van der Waals surface area contributed by atoms with Gasteiger partial charge < -0.3 is 24.3 Å². The minimum absolute atomic E-state index is 0.119. The van der Waals surface area contributed by atoms with Crippen molar-refractivity contribution in [1.82, 2.24) is 19.4 Å². The minimum atomic E-state index is -0.119. The summed E-state index contributed by atoms with van der Waals surface area (Å²) in [5.41, 5.74) is 0.611. The molecule has 0 atom stereocenters. The zero-order valence-corrected chi connectivity index (χ0v) is 16.1. The average molecular weight is 373 g/mol. The van der Waals surface area contributed by atoms with E-state index < -0.39 is 0 Å². The van der Waals surface area contributed by atoms with E-state index in [4.69, 9.17) is 9.47 Å². The first-order valence-electron chi connectivity index (χ1n) is 9.09. The topological polar surface area (TPSA) is 71.9 Å². The highest BCUT2D eigenvalue weighted by atomic mass is 16.5. The molecule has 8 heteroatoms. The Balaban J connectivity index is 1.51. The van der Waals surface area contributed by atoms with Gasteiger partial charge in [0, 0.05) is 51.7 Å². The number of benzene rings is 1. The standard InChI is InChI=1S/C19H27N5O3/c1-15-20-7-8-23(15)12-9-22-10-13-24(14-11-22)19(25)21-16-5-4-6-17(26-2)18(16)27-3/h4-8H,9-14H2,1-3H3,(H,21,25). The molecule has 0 bridgehead atoms. The van der Waals surface area contributed by atoms with E-state index in [1.54, 1.807) is 20.3 Å². The summed E-state index contributed by atoms with van der Waals surface area (Å²) in [5, 5.41) is 2.93. The van der Waals surface area contributed by atoms with Gasteiger partial charge in [0.1, 0.15) is 5.82 Å². The van der Waals surface area contributed by atoms with Crippen LogP contribution in [0.1, 0.15) is 5.82 Å². The van der Waals surface area contributed by atoms with Crippen LogP contribution in [0.25, 0.3) is 0 Å². The quantitative estimate of drug-likeness (QED) is 0.839. The number of aryl methyl sites for hydroxylation is 1. The summed E-state index contributed by atoms with van der Waals surface area (Å²) < 4.78 is 12.8. The molecule has 0 saturated carbocycles. The van der Waals surface area contributed by atoms with Crippen molar-refractivity contribution in [3.63, 3.8) is 0 Å². The van der Waals surface area contributed by atoms with Crippen molar-refractivity contribution in [1.29, 1.82) is 0 Å². The molecule has 2 heterocycles. The van der Waals surface area contributed by atoms with Crippen LogP contribution >= 0.6 is 0 Å². The molecule has 8 nitrogen and oxygen atoms in total. The van der Waals surface area contributed by atoms with Gasteiger partial charge in [-0.25, -0.2) is 9.78 Å². The van der Waals surface area contributed by atoms with E-state index in [9.17, 15) is 4.79 Å². The molecule has 0 unspecified atom stereocenters. The van der Waals surface area contributed by atoms with Crippen molar-refractivity contribution in [2.75, 3.05) is 52.3 Å². The summed E-state index contributed by atoms with van der Waals surface area (Å²) in [6, 6.07) is 5.32. The molecule has 27 heavy (non-hydrogen) atoms. The number of nitrogens with zero attached hydrogens (tertiary/aromatic N) is 4. The van der Waals surface area contributed by atoms with Crippen LogP contribution in [-0.4, -0.2) is 72.3 Å². The minimum Gasteiger partial charge on any atom is -0.493 e. The van der Waals surface area contributed by atoms with Gasteiger partial charge in [-0.1, -0.05) is 6.07 Å². The second-order valence-electron chi connectivity index (χ2n) is 6.47. The maximum atomic E-state index is 12.6. The largest absolute Gasteiger partial charge is 0.493 e. The second-order valence-corrected chi connectivity index (χ2v) is 6.47. The summed E-state index contributed by atoms with van der Waals surface area (Å²) in [6.45, 7) is 6.99. The molecule has 1 fully saturated rings. The lowest BCUT2D eigenvalue weighted by atomic mass is 10.2. The van der Waals surface area contributed by atoms with Crippen LogP contribution in [-0.2, 0) is 6.54 Å². The van der Waals surface area contributed by atoms with E-state index >= 15 is 0 Å². The number of aromatic nitrogens is 2. The van der Waals surface area contributed by atoms with Crippen LogP contribution in [0.15, 0.2) is 30.6 Å². The molecule has 2 aromatic rings. The number of methoxy groups -OCH3 is 2. The summed E-state index contributed by atoms with van der Waals surface area (Å²) in [6.07, 6.45) is 3.82. The molecular weight excluding hydrogens is 346 g/mol. The zero-order valence-electron chi connectivity index (χ0n) is 16.1. The van der Waals surface area contributed by atoms with Crippen molar-refractivity contribution in [2.24, 2.45) is 0 Å². The molecule has 1 saturated heterocycles. The molecule has 1 aliphatic rings. The molecule has 1 aromatic heterocycles. The first-order chi connectivity index (χ1) is 13.1. The Morgan fingerprint density at radius 3 is 2.56 bits per heavy atom. The lowest BCUT2D eigenvalue weighted by Crippen LogP contribution is -2.50. The number of carbonyl (C=O) groups excluding carboxylic acids is 1. The third-order valence-corrected chi connectivity index (χ3v) is 4.88. The number of piperazine rings is 1. The Kier molecular flexibility index (Phi) is 6.18. The van der Waals surface area contributed by atoms with Crippen molar-refractivity contribution >= 4 is 11.7 Å². The van der Waals surface area contributed by atoms with Gasteiger partial charge >= 0.3 is 6.03 Å². The number of hydrogen-bond donors (Lipinski definition) is 1. The molecular formula is C19H27N5O3. The SMILES string of the molecule is COc1cccc(NC(=O)N2CCN(CCn3ccnc3C)CC2)c1OC. The number of hydrogen-bond acceptors (Lipinski definition) is 5. The fraction of sp³-hybridized carbons (Fsp3) is 0.474. The van der Waals surface area contributed by atoms with Gasteiger partial charge in [0.05, 0.1) is 19.9 Å². The Morgan fingerprint density at radius 2 is 1.93 bits per heavy atom. The van der Waals surface area contributed by atoms with Crippen LogP contribution in [0.5, 0.6) is 11.5 Å². The highest BCUT2D eigenvalue weighted by Gasteiger charge is 2.22. The van der Waals surface area contributed by atoms with Crippen molar-refractivity contribution < 1.29 is 14.3 Å². The Morgan fingerprint density at radius 1 is 1.15 bits per heavy atom. The maximum Gasteiger partial charge on any atom is 0.322 e. The average Bonchev–Trinajstić information content (AvgIpc) is 3.11. The zero-order chi connectivity index (χ0) is 19.2. The van der Waals surface area contributed by atoms with Crippen LogP contribution in [0.2, 0.25) is 0 Å².